The fraction of sp³-hybridized carbons (Fsp3) is 0. The van der Waals surface area contributed by atoms with Crippen LogP contribution in [-0.2, 0) is 0 Å². The van der Waals surface area contributed by atoms with Crippen molar-refractivity contribution < 1.29 is 4.42 Å². The Bertz CT molecular complexity index is 3610. The van der Waals surface area contributed by atoms with Gasteiger partial charge >= 0.3 is 0 Å². The zero-order valence-corrected chi connectivity index (χ0v) is 32.8. The Morgan fingerprint density at radius 1 is 0.295 bits per heavy atom. The summed E-state index contributed by atoms with van der Waals surface area (Å²) < 4.78 is 6.17. The maximum Gasteiger partial charge on any atom is 0.246 e. The Morgan fingerprint density at radius 3 is 1.30 bits per heavy atom. The average molecular weight is 779 g/mol. The van der Waals surface area contributed by atoms with Crippen LogP contribution < -0.4 is 0 Å². The van der Waals surface area contributed by atoms with Crippen molar-refractivity contribution in [2.24, 2.45) is 0 Å². The highest BCUT2D eigenvalue weighted by atomic mass is 16.3. The fourth-order valence-corrected chi connectivity index (χ4v) is 8.55. The van der Waals surface area contributed by atoms with Gasteiger partial charge in [0.25, 0.3) is 0 Å². The Labute approximate surface area is 351 Å². The minimum Gasteiger partial charge on any atom is -0.436 e. The Hall–Kier alpha value is -8.28. The smallest absolute Gasteiger partial charge is 0.246 e. The third-order valence-electron chi connectivity index (χ3n) is 11.7. The van der Waals surface area contributed by atoms with E-state index in [4.69, 9.17) is 24.4 Å². The third kappa shape index (κ3) is 6.19. The van der Waals surface area contributed by atoms with Gasteiger partial charge in [-0.25, -0.2) is 19.9 Å². The first kappa shape index (κ1) is 34.7. The summed E-state index contributed by atoms with van der Waals surface area (Å²) in [5, 5.41) is 3.23. The summed E-state index contributed by atoms with van der Waals surface area (Å²) in [5.41, 5.74) is 18.7. The van der Waals surface area contributed by atoms with Gasteiger partial charge in [-0.2, -0.15) is 0 Å². The molecule has 0 saturated heterocycles. The first-order chi connectivity index (χ1) is 30.2. The monoisotopic (exact) mass is 778 g/mol. The van der Waals surface area contributed by atoms with Gasteiger partial charge in [0.2, 0.25) is 5.71 Å². The van der Waals surface area contributed by atoms with E-state index in [-0.39, 0.29) is 0 Å². The van der Waals surface area contributed by atoms with Gasteiger partial charge in [0.1, 0.15) is 11.1 Å². The van der Waals surface area contributed by atoms with Crippen LogP contribution in [-0.4, -0.2) is 19.9 Å². The van der Waals surface area contributed by atoms with Gasteiger partial charge in [0.15, 0.2) is 0 Å². The minimum absolute atomic E-state index is 0.563. The molecule has 3 heterocycles. The van der Waals surface area contributed by atoms with Gasteiger partial charge in [-0.15, -0.1) is 0 Å². The Kier molecular flexibility index (Phi) is 8.10. The van der Waals surface area contributed by atoms with Crippen LogP contribution in [0.25, 0.3) is 122 Å². The summed E-state index contributed by atoms with van der Waals surface area (Å²) in [4.78, 5) is 20.0. The molecule has 5 nitrogen and oxygen atoms in total. The molecule has 0 amide bonds. The number of benzene rings is 9. The van der Waals surface area contributed by atoms with E-state index in [1.165, 1.54) is 11.1 Å². The highest BCUT2D eigenvalue weighted by Crippen LogP contribution is 2.38. The second-order valence-corrected chi connectivity index (χ2v) is 15.4. The normalized spacial score (nSPS) is 11.6. The summed E-state index contributed by atoms with van der Waals surface area (Å²) in [5.74, 6) is 0. The number of nitrogens with zero attached hydrogens (tertiary/aromatic N) is 4. The van der Waals surface area contributed by atoms with E-state index in [2.05, 4.69) is 146 Å². The second kappa shape index (κ2) is 14.2. The lowest BCUT2D eigenvalue weighted by Gasteiger charge is -2.12. The summed E-state index contributed by atoms with van der Waals surface area (Å²) in [6, 6.07) is 72.1. The lowest BCUT2D eigenvalue weighted by Crippen LogP contribution is -1.95. The van der Waals surface area contributed by atoms with Gasteiger partial charge < -0.3 is 4.42 Å². The molecular formula is C56H34N4O. The van der Waals surface area contributed by atoms with Crippen molar-refractivity contribution in [1.29, 1.82) is 0 Å². The highest BCUT2D eigenvalue weighted by Gasteiger charge is 2.16. The number of hydrogen-bond donors (Lipinski definition) is 0. The molecule has 0 aliphatic heterocycles. The first-order valence-corrected chi connectivity index (χ1v) is 20.4. The van der Waals surface area contributed by atoms with Crippen molar-refractivity contribution in [1.82, 2.24) is 19.9 Å². The molecule has 0 N–H and O–H groups in total. The van der Waals surface area contributed by atoms with Crippen molar-refractivity contribution in [3.05, 3.63) is 206 Å². The maximum absolute atomic E-state index is 6.17. The summed E-state index contributed by atoms with van der Waals surface area (Å²) in [7, 11) is 0. The molecule has 12 aromatic rings. The molecule has 0 radical (unpaired) electrons. The van der Waals surface area contributed by atoms with Crippen molar-refractivity contribution in [3.63, 3.8) is 0 Å². The van der Waals surface area contributed by atoms with Crippen LogP contribution in [0, 0.1) is 0 Å². The summed E-state index contributed by atoms with van der Waals surface area (Å²) in [6.07, 6.45) is 0. The molecule has 284 valence electrons. The standard InChI is InChI=1S/C56H34N4O/c1-2-9-35(10-3-1)36-21-25-40(26-22-36)53-54(58-48-14-5-4-13-47(48)57-53)41-27-23-38(24-28-41)43-12-8-11-42(33-43)37-17-19-39(20-18-37)44-29-31-46-45(34-44)30-32-51-52(46)55-56(61-51)60-50-16-7-6-15-49(50)59-55/h1-34H. The van der Waals surface area contributed by atoms with Crippen LogP contribution in [0.3, 0.4) is 0 Å². The van der Waals surface area contributed by atoms with Gasteiger partial charge in [-0.1, -0.05) is 164 Å². The minimum atomic E-state index is 0.563. The molecule has 0 spiro atoms. The van der Waals surface area contributed by atoms with Crippen LogP contribution >= 0.6 is 0 Å². The Morgan fingerprint density at radius 2 is 0.721 bits per heavy atom. The van der Waals surface area contributed by atoms with Crippen molar-refractivity contribution >= 4 is 55.0 Å². The molecule has 0 aliphatic rings. The van der Waals surface area contributed by atoms with Crippen LogP contribution in [0.5, 0.6) is 0 Å². The maximum atomic E-state index is 6.17. The largest absolute Gasteiger partial charge is 0.436 e. The van der Waals surface area contributed by atoms with Gasteiger partial charge in [0, 0.05) is 11.1 Å². The molecule has 12 rings (SSSR count). The number of para-hydroxylation sites is 4. The predicted molar refractivity (Wildman–Crippen MR) is 250 cm³/mol. The van der Waals surface area contributed by atoms with Gasteiger partial charge in [-0.3, -0.25) is 0 Å². The predicted octanol–water partition coefficient (Wildman–Crippen LogP) is 14.6. The van der Waals surface area contributed by atoms with E-state index in [0.717, 1.165) is 105 Å². The number of hydrogen-bond acceptors (Lipinski definition) is 5. The Balaban J connectivity index is 0.829. The zero-order chi connectivity index (χ0) is 40.3. The van der Waals surface area contributed by atoms with Crippen LogP contribution in [0.1, 0.15) is 0 Å². The SMILES string of the molecule is c1ccc(-c2ccc(-c3nc4ccccc4nc3-c3ccc(-c4cccc(-c5ccc(-c6ccc7c(ccc8oc9nc%10ccccc%10nc9c87)c6)cc5)c4)cc3)cc2)cc1. The number of furan rings is 1. The van der Waals surface area contributed by atoms with Crippen molar-refractivity contribution in [2.75, 3.05) is 0 Å². The molecule has 0 bridgehead atoms. The summed E-state index contributed by atoms with van der Waals surface area (Å²) in [6.45, 7) is 0. The van der Waals surface area contributed by atoms with Crippen molar-refractivity contribution in [3.8, 4) is 67.0 Å². The fourth-order valence-electron chi connectivity index (χ4n) is 8.55. The lowest BCUT2D eigenvalue weighted by atomic mass is 9.95. The number of fused-ring (bicyclic) bond motifs is 7. The number of rotatable bonds is 6. The topological polar surface area (TPSA) is 64.7 Å². The zero-order valence-electron chi connectivity index (χ0n) is 32.8. The molecule has 5 heteroatoms. The van der Waals surface area contributed by atoms with Crippen LogP contribution in [0.4, 0.5) is 0 Å². The van der Waals surface area contributed by atoms with E-state index in [0.29, 0.717) is 5.71 Å². The molecule has 0 saturated carbocycles. The summed E-state index contributed by atoms with van der Waals surface area (Å²) >= 11 is 0. The van der Waals surface area contributed by atoms with E-state index in [1.807, 2.05) is 60.7 Å². The molecule has 9 aromatic carbocycles. The molecule has 0 unspecified atom stereocenters. The van der Waals surface area contributed by atoms with E-state index >= 15 is 0 Å². The second-order valence-electron chi connectivity index (χ2n) is 15.4. The van der Waals surface area contributed by atoms with E-state index < -0.39 is 0 Å². The van der Waals surface area contributed by atoms with Crippen LogP contribution in [0.15, 0.2) is 211 Å². The van der Waals surface area contributed by atoms with Crippen molar-refractivity contribution in [2.45, 2.75) is 0 Å². The molecule has 61 heavy (non-hydrogen) atoms. The molecule has 0 fully saturated rings. The van der Waals surface area contributed by atoms with Crippen LogP contribution in [0.2, 0.25) is 0 Å². The molecular weight excluding hydrogens is 745 g/mol. The van der Waals surface area contributed by atoms with Gasteiger partial charge in [0.05, 0.1) is 38.8 Å². The lowest BCUT2D eigenvalue weighted by molar-refractivity contribution is 0.655. The highest BCUT2D eigenvalue weighted by molar-refractivity contribution is 6.18. The van der Waals surface area contributed by atoms with E-state index in [9.17, 15) is 0 Å². The number of aromatic nitrogens is 4. The van der Waals surface area contributed by atoms with E-state index in [1.54, 1.807) is 0 Å². The third-order valence-corrected chi connectivity index (χ3v) is 11.7. The molecule has 0 atom stereocenters. The first-order valence-electron chi connectivity index (χ1n) is 20.4. The quantitative estimate of drug-likeness (QED) is 0.168. The average Bonchev–Trinajstić information content (AvgIpc) is 3.71. The molecule has 0 aliphatic carbocycles. The van der Waals surface area contributed by atoms with Gasteiger partial charge in [-0.05, 0) is 97.7 Å². The molecule has 3 aromatic heterocycles.